The molecule has 0 aliphatic carbocycles. The number of pyridine rings is 1. The Morgan fingerprint density at radius 2 is 2.16 bits per heavy atom. The highest BCUT2D eigenvalue weighted by atomic mass is 19.1. The van der Waals surface area contributed by atoms with E-state index in [1.165, 1.54) is 30.5 Å². The first-order valence-electron chi connectivity index (χ1n) is 5.41. The van der Waals surface area contributed by atoms with Crippen LogP contribution in [-0.4, -0.2) is 16.1 Å². The Bertz CT molecular complexity index is 617. The largest absolute Gasteiger partial charge is 0.487 e. The third-order valence-electron chi connectivity index (χ3n) is 2.41. The molecular formula is C13H11FN2O3. The zero-order valence-corrected chi connectivity index (χ0v) is 9.84. The average molecular weight is 262 g/mol. The highest BCUT2D eigenvalue weighted by Crippen LogP contribution is 2.23. The monoisotopic (exact) mass is 262 g/mol. The summed E-state index contributed by atoms with van der Waals surface area (Å²) in [7, 11) is 0. The fourth-order valence-corrected chi connectivity index (χ4v) is 1.51. The minimum Gasteiger partial charge on any atom is -0.487 e. The molecule has 2 aromatic rings. The first-order valence-corrected chi connectivity index (χ1v) is 5.41. The average Bonchev–Trinajstić information content (AvgIpc) is 2.37. The summed E-state index contributed by atoms with van der Waals surface area (Å²) in [4.78, 5) is 14.4. The number of rotatable bonds is 4. The summed E-state index contributed by atoms with van der Waals surface area (Å²) in [6.07, 6.45) is 2.57. The van der Waals surface area contributed by atoms with Crippen molar-refractivity contribution >= 4 is 11.7 Å². The van der Waals surface area contributed by atoms with Gasteiger partial charge in [-0.25, -0.2) is 9.18 Å². The van der Waals surface area contributed by atoms with E-state index in [1.807, 2.05) is 0 Å². The topological polar surface area (TPSA) is 85.4 Å². The Balaban J connectivity index is 2.10. The molecule has 3 N–H and O–H groups in total. The minimum absolute atomic E-state index is 0.0808. The van der Waals surface area contributed by atoms with Crippen molar-refractivity contribution in [3.63, 3.8) is 0 Å². The van der Waals surface area contributed by atoms with Crippen molar-refractivity contribution < 1.29 is 19.0 Å². The van der Waals surface area contributed by atoms with Gasteiger partial charge < -0.3 is 15.6 Å². The number of carboxylic acid groups (broad SMARTS) is 1. The van der Waals surface area contributed by atoms with Crippen molar-refractivity contribution in [2.75, 3.05) is 5.73 Å². The lowest BCUT2D eigenvalue weighted by atomic mass is 10.2. The van der Waals surface area contributed by atoms with Gasteiger partial charge in [-0.1, -0.05) is 0 Å². The van der Waals surface area contributed by atoms with E-state index in [0.29, 0.717) is 11.3 Å². The van der Waals surface area contributed by atoms with Gasteiger partial charge in [0.05, 0.1) is 17.4 Å². The second-order valence-corrected chi connectivity index (χ2v) is 3.86. The van der Waals surface area contributed by atoms with Crippen molar-refractivity contribution in [1.29, 1.82) is 0 Å². The Kier molecular flexibility index (Phi) is 3.61. The quantitative estimate of drug-likeness (QED) is 0.824. The Morgan fingerprint density at radius 3 is 2.79 bits per heavy atom. The number of aromatic nitrogens is 1. The summed E-state index contributed by atoms with van der Waals surface area (Å²) in [5.74, 6) is -1.17. The van der Waals surface area contributed by atoms with Crippen LogP contribution in [0.5, 0.6) is 5.75 Å². The van der Waals surface area contributed by atoms with Crippen LogP contribution in [0.3, 0.4) is 0 Å². The van der Waals surface area contributed by atoms with Crippen LogP contribution in [0.15, 0.2) is 36.7 Å². The Labute approximate surface area is 108 Å². The second kappa shape index (κ2) is 5.34. The number of carboxylic acids is 1. The third-order valence-corrected chi connectivity index (χ3v) is 2.41. The van der Waals surface area contributed by atoms with E-state index < -0.39 is 11.8 Å². The first kappa shape index (κ1) is 12.8. The van der Waals surface area contributed by atoms with Crippen LogP contribution in [0.1, 0.15) is 15.9 Å². The van der Waals surface area contributed by atoms with E-state index in [9.17, 15) is 9.18 Å². The molecular weight excluding hydrogens is 251 g/mol. The van der Waals surface area contributed by atoms with Gasteiger partial charge in [0.1, 0.15) is 18.2 Å². The molecule has 0 aliphatic rings. The van der Waals surface area contributed by atoms with E-state index in [-0.39, 0.29) is 17.9 Å². The molecule has 0 saturated heterocycles. The molecule has 0 atom stereocenters. The van der Waals surface area contributed by atoms with Gasteiger partial charge in [-0.15, -0.1) is 0 Å². The van der Waals surface area contributed by atoms with Crippen LogP contribution in [0, 0.1) is 5.82 Å². The molecule has 98 valence electrons. The number of nitrogens with zero attached hydrogens (tertiary/aromatic N) is 1. The molecule has 0 unspecified atom stereocenters. The minimum atomic E-state index is -1.06. The zero-order chi connectivity index (χ0) is 13.8. The van der Waals surface area contributed by atoms with Crippen LogP contribution in [-0.2, 0) is 6.61 Å². The molecule has 1 aromatic carbocycles. The number of ether oxygens (including phenoxy) is 1. The van der Waals surface area contributed by atoms with Gasteiger partial charge in [-0.05, 0) is 24.3 Å². The van der Waals surface area contributed by atoms with Crippen molar-refractivity contribution in [2.45, 2.75) is 6.61 Å². The summed E-state index contributed by atoms with van der Waals surface area (Å²) in [6, 6.07) is 5.46. The van der Waals surface area contributed by atoms with E-state index in [4.69, 9.17) is 15.6 Å². The van der Waals surface area contributed by atoms with Gasteiger partial charge in [0, 0.05) is 11.8 Å². The van der Waals surface area contributed by atoms with E-state index in [2.05, 4.69) is 4.98 Å². The Hall–Kier alpha value is -2.63. The molecule has 0 aliphatic heterocycles. The van der Waals surface area contributed by atoms with Crippen LogP contribution in [0.2, 0.25) is 0 Å². The first-order chi connectivity index (χ1) is 9.06. The summed E-state index contributed by atoms with van der Waals surface area (Å²) < 4.78 is 18.3. The molecule has 0 radical (unpaired) electrons. The maximum atomic E-state index is 12.9. The number of anilines is 1. The number of hydrogen-bond donors (Lipinski definition) is 2. The molecule has 6 heteroatoms. The maximum absolute atomic E-state index is 12.9. The molecule has 0 spiro atoms. The van der Waals surface area contributed by atoms with Gasteiger partial charge in [-0.2, -0.15) is 0 Å². The van der Waals surface area contributed by atoms with Gasteiger partial charge in [0.15, 0.2) is 0 Å². The van der Waals surface area contributed by atoms with E-state index in [1.54, 1.807) is 0 Å². The summed E-state index contributed by atoms with van der Waals surface area (Å²) in [5.41, 5.74) is 6.53. The van der Waals surface area contributed by atoms with E-state index in [0.717, 1.165) is 6.20 Å². The van der Waals surface area contributed by atoms with Gasteiger partial charge in [0.2, 0.25) is 0 Å². The highest BCUT2D eigenvalue weighted by Gasteiger charge is 2.07. The van der Waals surface area contributed by atoms with Crippen LogP contribution in [0.25, 0.3) is 0 Å². The molecule has 1 aromatic heterocycles. The third kappa shape index (κ3) is 3.19. The molecule has 0 amide bonds. The normalized spacial score (nSPS) is 10.2. The molecule has 0 bridgehead atoms. The summed E-state index contributed by atoms with van der Waals surface area (Å²) in [6.45, 7) is 0.0986. The fourth-order valence-electron chi connectivity index (χ4n) is 1.51. The molecule has 0 saturated carbocycles. The predicted molar refractivity (Wildman–Crippen MR) is 66.3 cm³/mol. The van der Waals surface area contributed by atoms with Crippen molar-refractivity contribution in [2.24, 2.45) is 0 Å². The lowest BCUT2D eigenvalue weighted by molar-refractivity contribution is 0.0697. The lowest BCUT2D eigenvalue weighted by Crippen LogP contribution is -2.02. The molecule has 5 nitrogen and oxygen atoms in total. The van der Waals surface area contributed by atoms with Crippen molar-refractivity contribution in [3.05, 3.63) is 53.6 Å². The van der Waals surface area contributed by atoms with Crippen LogP contribution >= 0.6 is 0 Å². The molecule has 1 heterocycles. The number of halogens is 1. The lowest BCUT2D eigenvalue weighted by Gasteiger charge is -2.09. The SMILES string of the molecule is Nc1cc(C(=O)O)ccc1OCc1cncc(F)c1. The van der Waals surface area contributed by atoms with Crippen molar-refractivity contribution in [1.82, 2.24) is 4.98 Å². The van der Waals surface area contributed by atoms with Gasteiger partial charge >= 0.3 is 5.97 Å². The van der Waals surface area contributed by atoms with Crippen LogP contribution < -0.4 is 10.5 Å². The second-order valence-electron chi connectivity index (χ2n) is 3.86. The summed E-state index contributed by atoms with van der Waals surface area (Å²) in [5, 5.41) is 8.79. The number of hydrogen-bond acceptors (Lipinski definition) is 4. The number of benzene rings is 1. The maximum Gasteiger partial charge on any atom is 0.335 e. The van der Waals surface area contributed by atoms with Crippen molar-refractivity contribution in [3.8, 4) is 5.75 Å². The zero-order valence-electron chi connectivity index (χ0n) is 9.84. The van der Waals surface area contributed by atoms with Crippen LogP contribution in [0.4, 0.5) is 10.1 Å². The number of carbonyl (C=O) groups is 1. The summed E-state index contributed by atoms with van der Waals surface area (Å²) >= 11 is 0. The smallest absolute Gasteiger partial charge is 0.335 e. The molecule has 0 fully saturated rings. The standard InChI is InChI=1S/C13H11FN2O3/c14-10-3-8(5-16-6-10)7-19-12-2-1-9(13(17)18)4-11(12)15/h1-6H,7,15H2,(H,17,18). The Morgan fingerprint density at radius 1 is 1.37 bits per heavy atom. The fraction of sp³-hybridized carbons (Fsp3) is 0.0769. The highest BCUT2D eigenvalue weighted by molar-refractivity contribution is 5.89. The van der Waals surface area contributed by atoms with Gasteiger partial charge in [0.25, 0.3) is 0 Å². The predicted octanol–water partition coefficient (Wildman–Crippen LogP) is 2.08. The van der Waals surface area contributed by atoms with Gasteiger partial charge in [-0.3, -0.25) is 4.98 Å². The molecule has 2 rings (SSSR count). The number of aromatic carboxylic acids is 1. The molecule has 19 heavy (non-hydrogen) atoms. The van der Waals surface area contributed by atoms with E-state index >= 15 is 0 Å². The number of nitrogen functional groups attached to an aromatic ring is 1. The number of nitrogens with two attached hydrogens (primary N) is 1.